The van der Waals surface area contributed by atoms with Crippen molar-refractivity contribution in [1.82, 2.24) is 9.21 Å². The summed E-state index contributed by atoms with van der Waals surface area (Å²) in [5.74, 6) is -1.28. The molecule has 0 aliphatic carbocycles. The molecule has 3 N–H and O–H groups in total. The zero-order valence-corrected chi connectivity index (χ0v) is 25.9. The molecule has 0 radical (unpaired) electrons. The van der Waals surface area contributed by atoms with E-state index in [0.717, 1.165) is 27.2 Å². The van der Waals surface area contributed by atoms with Gasteiger partial charge in [0.2, 0.25) is 10.0 Å². The Morgan fingerprint density at radius 3 is 2.40 bits per heavy atom. The van der Waals surface area contributed by atoms with Crippen molar-refractivity contribution in [3.63, 3.8) is 0 Å². The molecule has 3 atom stereocenters. The number of aliphatic hydroxyl groups excluding tert-OH is 1. The van der Waals surface area contributed by atoms with Crippen molar-refractivity contribution >= 4 is 44.1 Å². The highest BCUT2D eigenvalue weighted by Gasteiger charge is 2.36. The van der Waals surface area contributed by atoms with Crippen LogP contribution in [-0.4, -0.2) is 73.6 Å². The van der Waals surface area contributed by atoms with Gasteiger partial charge in [0.25, 0.3) is 5.91 Å². The number of carbonyl (C=O) groups is 2. The summed E-state index contributed by atoms with van der Waals surface area (Å²) in [6, 6.07) is 21.3. The second kappa shape index (κ2) is 13.2. The molecule has 0 aromatic heterocycles. The number of ether oxygens (including phenoxy) is 1. The monoisotopic (exact) mass is 634 g/mol. The minimum atomic E-state index is -4.02. The number of nitrogens with zero attached hydrogens (tertiary/aromatic N) is 2. The van der Waals surface area contributed by atoms with E-state index in [1.165, 1.54) is 24.1 Å². The molecule has 0 spiro atoms. The van der Waals surface area contributed by atoms with Crippen LogP contribution in [-0.2, 0) is 10.0 Å². The Bertz CT molecular complexity index is 1810. The molecular formula is C33H35FN4O6S. The summed E-state index contributed by atoms with van der Waals surface area (Å²) in [5.41, 5.74) is 0.945. The minimum Gasteiger partial charge on any atom is -0.486 e. The highest BCUT2D eigenvalue weighted by atomic mass is 32.2. The van der Waals surface area contributed by atoms with E-state index >= 15 is 0 Å². The lowest BCUT2D eigenvalue weighted by Crippen LogP contribution is -2.50. The molecule has 0 saturated heterocycles. The van der Waals surface area contributed by atoms with E-state index in [2.05, 4.69) is 10.6 Å². The molecular weight excluding hydrogens is 599 g/mol. The summed E-state index contributed by atoms with van der Waals surface area (Å²) in [6.45, 7) is 3.30. The summed E-state index contributed by atoms with van der Waals surface area (Å²) in [6.07, 6.45) is -0.783. The maximum absolute atomic E-state index is 13.8. The predicted octanol–water partition coefficient (Wildman–Crippen LogP) is 5.16. The van der Waals surface area contributed by atoms with Crippen molar-refractivity contribution < 1.29 is 32.2 Å². The number of hydrogen-bond acceptors (Lipinski definition) is 6. The third-order valence-electron chi connectivity index (χ3n) is 7.94. The second-order valence-electron chi connectivity index (χ2n) is 11.2. The van der Waals surface area contributed by atoms with Gasteiger partial charge in [0.15, 0.2) is 5.75 Å². The molecule has 0 bridgehead atoms. The number of urea groups is 1. The van der Waals surface area contributed by atoms with E-state index in [4.69, 9.17) is 4.74 Å². The molecule has 0 saturated carbocycles. The summed E-state index contributed by atoms with van der Waals surface area (Å²) < 4.78 is 47.8. The lowest BCUT2D eigenvalue weighted by Gasteiger charge is -2.38. The summed E-state index contributed by atoms with van der Waals surface area (Å²) in [4.78, 5) is 28.5. The van der Waals surface area contributed by atoms with Gasteiger partial charge in [0, 0.05) is 24.9 Å². The normalized spacial score (nSPS) is 17.6. The highest BCUT2D eigenvalue weighted by molar-refractivity contribution is 7.89. The first-order valence-electron chi connectivity index (χ1n) is 14.5. The van der Waals surface area contributed by atoms with E-state index in [9.17, 15) is 27.5 Å². The van der Waals surface area contributed by atoms with Crippen LogP contribution >= 0.6 is 0 Å². The maximum Gasteiger partial charge on any atom is 0.323 e. The van der Waals surface area contributed by atoms with Gasteiger partial charge in [-0.05, 0) is 54.8 Å². The number of halogens is 1. The zero-order valence-electron chi connectivity index (χ0n) is 25.1. The lowest BCUT2D eigenvalue weighted by atomic mass is 9.99. The predicted molar refractivity (Wildman–Crippen MR) is 170 cm³/mol. The minimum absolute atomic E-state index is 0.0786. The molecule has 0 unspecified atom stereocenters. The van der Waals surface area contributed by atoms with Crippen LogP contribution in [0.4, 0.5) is 20.6 Å². The molecule has 45 heavy (non-hydrogen) atoms. The van der Waals surface area contributed by atoms with E-state index in [0.29, 0.717) is 5.69 Å². The van der Waals surface area contributed by atoms with Crippen molar-refractivity contribution in [3.05, 3.63) is 96.3 Å². The lowest BCUT2D eigenvalue weighted by molar-refractivity contribution is 0.0389. The number of amides is 3. The number of aliphatic hydroxyl groups is 1. The Kier molecular flexibility index (Phi) is 9.37. The van der Waals surface area contributed by atoms with Crippen LogP contribution in [0.3, 0.4) is 0 Å². The Balaban J connectivity index is 1.48. The second-order valence-corrected chi connectivity index (χ2v) is 13.2. The van der Waals surface area contributed by atoms with Crippen molar-refractivity contribution in [2.75, 3.05) is 37.4 Å². The molecule has 4 aromatic rings. The Morgan fingerprint density at radius 2 is 1.67 bits per heavy atom. The van der Waals surface area contributed by atoms with Gasteiger partial charge in [-0.25, -0.2) is 17.6 Å². The number of rotatable bonds is 8. The largest absolute Gasteiger partial charge is 0.486 e. The van der Waals surface area contributed by atoms with E-state index in [1.807, 2.05) is 43.3 Å². The van der Waals surface area contributed by atoms with Crippen LogP contribution in [0.2, 0.25) is 0 Å². The first kappa shape index (κ1) is 31.9. The van der Waals surface area contributed by atoms with Gasteiger partial charge in [-0.1, -0.05) is 49.4 Å². The SMILES string of the molecule is C[C@H](CO)N1C[C@H](C)[C@@H](CN(C)S(=O)(=O)c2ccc(F)cc2)Oc2c(NC(=O)Nc3cccc4ccccc34)cccc2C1=O. The van der Waals surface area contributed by atoms with Crippen molar-refractivity contribution in [1.29, 1.82) is 0 Å². The van der Waals surface area contributed by atoms with E-state index in [1.54, 1.807) is 31.2 Å². The smallest absolute Gasteiger partial charge is 0.323 e. The third-order valence-corrected chi connectivity index (χ3v) is 9.77. The van der Waals surface area contributed by atoms with Crippen LogP contribution in [0.25, 0.3) is 10.8 Å². The molecule has 5 rings (SSSR count). The summed E-state index contributed by atoms with van der Waals surface area (Å²) in [5, 5.41) is 17.4. The molecule has 12 heteroatoms. The third kappa shape index (κ3) is 6.77. The van der Waals surface area contributed by atoms with Gasteiger partial charge in [0.1, 0.15) is 11.9 Å². The molecule has 236 valence electrons. The van der Waals surface area contributed by atoms with Gasteiger partial charge < -0.3 is 25.4 Å². The average Bonchev–Trinajstić information content (AvgIpc) is 3.03. The van der Waals surface area contributed by atoms with Crippen LogP contribution in [0.1, 0.15) is 24.2 Å². The molecule has 1 aliphatic heterocycles. The standard InChI is InChI=1S/C33H35FN4O6S/c1-21-18-38(22(2)20-39)32(40)27-11-7-13-29(36-33(41)35-28-12-6-9-23-8-4-5-10-26(23)28)31(27)44-30(21)19-37(3)45(42,43)25-16-14-24(34)15-17-25/h4-17,21-22,30,39H,18-20H2,1-3H3,(H2,35,36,41)/t21-,22+,30+/m0/s1. The van der Waals surface area contributed by atoms with Crippen molar-refractivity contribution in [3.8, 4) is 5.75 Å². The van der Waals surface area contributed by atoms with E-state index < -0.39 is 45.8 Å². The van der Waals surface area contributed by atoms with Gasteiger partial charge in [-0.3, -0.25) is 4.79 Å². The Morgan fingerprint density at radius 1 is 1.02 bits per heavy atom. The summed E-state index contributed by atoms with van der Waals surface area (Å²) >= 11 is 0. The number of fused-ring (bicyclic) bond motifs is 2. The van der Waals surface area contributed by atoms with Crippen LogP contribution in [0.5, 0.6) is 5.75 Å². The van der Waals surface area contributed by atoms with Crippen molar-refractivity contribution in [2.24, 2.45) is 5.92 Å². The van der Waals surface area contributed by atoms with Gasteiger partial charge in [-0.2, -0.15) is 4.31 Å². The number of anilines is 2. The number of para-hydroxylation sites is 1. The topological polar surface area (TPSA) is 128 Å². The Hall–Kier alpha value is -4.52. The van der Waals surface area contributed by atoms with Crippen molar-refractivity contribution in [2.45, 2.75) is 30.9 Å². The molecule has 4 aromatic carbocycles. The number of nitrogens with one attached hydrogen (secondary N) is 2. The van der Waals surface area contributed by atoms with E-state index in [-0.39, 0.29) is 41.6 Å². The average molecular weight is 635 g/mol. The summed E-state index contributed by atoms with van der Waals surface area (Å²) in [7, 11) is -2.62. The van der Waals surface area contributed by atoms with Crippen LogP contribution < -0.4 is 15.4 Å². The molecule has 3 amide bonds. The Labute approximate surface area is 261 Å². The fraction of sp³-hybridized carbons (Fsp3) is 0.273. The first-order valence-corrected chi connectivity index (χ1v) is 15.9. The highest BCUT2D eigenvalue weighted by Crippen LogP contribution is 2.35. The zero-order chi connectivity index (χ0) is 32.3. The molecule has 1 heterocycles. The number of benzene rings is 4. The fourth-order valence-electron chi connectivity index (χ4n) is 5.31. The quantitative estimate of drug-likeness (QED) is 0.246. The van der Waals surface area contributed by atoms with Gasteiger partial charge in [0.05, 0.1) is 41.0 Å². The number of hydrogen-bond donors (Lipinski definition) is 3. The number of likely N-dealkylation sites (N-methyl/N-ethyl adjacent to an activating group) is 1. The number of sulfonamides is 1. The number of carbonyl (C=O) groups excluding carboxylic acids is 2. The molecule has 10 nitrogen and oxygen atoms in total. The fourth-order valence-corrected chi connectivity index (χ4v) is 6.49. The van der Waals surface area contributed by atoms with Gasteiger partial charge in [-0.15, -0.1) is 0 Å². The molecule has 0 fully saturated rings. The first-order chi connectivity index (χ1) is 21.5. The van der Waals surface area contributed by atoms with Gasteiger partial charge >= 0.3 is 6.03 Å². The molecule has 1 aliphatic rings. The van der Waals surface area contributed by atoms with Crippen LogP contribution in [0.15, 0.2) is 89.8 Å². The van der Waals surface area contributed by atoms with Crippen LogP contribution in [0, 0.1) is 11.7 Å². The maximum atomic E-state index is 13.8.